The monoisotopic (exact) mass is 309 g/mol. The first-order chi connectivity index (χ1) is 8.08. The minimum atomic E-state index is -0.0471. The largest absolute Gasteiger partial charge is 0.322 e. The molecule has 0 saturated carbocycles. The summed E-state index contributed by atoms with van der Waals surface area (Å²) in [6.07, 6.45) is 0. The van der Waals surface area contributed by atoms with Crippen LogP contribution in [0.1, 0.15) is 21.5 Å². The molecule has 1 aromatic carbocycles. The van der Waals surface area contributed by atoms with Crippen LogP contribution in [-0.2, 0) is 0 Å². The van der Waals surface area contributed by atoms with Crippen molar-refractivity contribution in [2.45, 2.75) is 13.8 Å². The van der Waals surface area contributed by atoms with E-state index in [9.17, 15) is 4.79 Å². The van der Waals surface area contributed by atoms with Gasteiger partial charge in [-0.2, -0.15) is 11.3 Å². The average molecular weight is 310 g/mol. The van der Waals surface area contributed by atoms with Crippen LogP contribution < -0.4 is 5.32 Å². The van der Waals surface area contributed by atoms with Gasteiger partial charge in [0.05, 0.1) is 5.56 Å². The van der Waals surface area contributed by atoms with Crippen molar-refractivity contribution in [3.63, 3.8) is 0 Å². The van der Waals surface area contributed by atoms with Crippen LogP contribution in [-0.4, -0.2) is 5.91 Å². The number of aryl methyl sites for hydroxylation is 2. The molecular weight excluding hydrogens is 298 g/mol. The van der Waals surface area contributed by atoms with Crippen molar-refractivity contribution < 1.29 is 4.79 Å². The highest BCUT2D eigenvalue weighted by atomic mass is 79.9. The third-order valence-electron chi connectivity index (χ3n) is 2.54. The number of nitrogens with one attached hydrogen (secondary N) is 1. The third-order valence-corrected chi connectivity index (χ3v) is 3.89. The van der Waals surface area contributed by atoms with E-state index in [0.717, 1.165) is 26.9 Å². The summed E-state index contributed by atoms with van der Waals surface area (Å²) in [4.78, 5) is 12.0. The molecule has 0 aliphatic carbocycles. The lowest BCUT2D eigenvalue weighted by Crippen LogP contribution is -2.12. The zero-order chi connectivity index (χ0) is 12.4. The van der Waals surface area contributed by atoms with Crippen LogP contribution in [0.15, 0.2) is 33.4 Å². The van der Waals surface area contributed by atoms with Gasteiger partial charge < -0.3 is 5.32 Å². The molecular formula is C13H12BrNOS. The molecule has 1 amide bonds. The van der Waals surface area contributed by atoms with Gasteiger partial charge in [-0.3, -0.25) is 4.79 Å². The van der Waals surface area contributed by atoms with E-state index in [1.807, 2.05) is 42.8 Å². The Kier molecular flexibility index (Phi) is 3.64. The summed E-state index contributed by atoms with van der Waals surface area (Å²) < 4.78 is 1.01. The number of hydrogen-bond donors (Lipinski definition) is 1. The van der Waals surface area contributed by atoms with Gasteiger partial charge in [0, 0.05) is 15.5 Å². The molecule has 1 heterocycles. The Balaban J connectivity index is 2.22. The first kappa shape index (κ1) is 12.3. The Morgan fingerprint density at radius 1 is 1.24 bits per heavy atom. The van der Waals surface area contributed by atoms with Crippen LogP contribution in [0.4, 0.5) is 5.69 Å². The number of benzene rings is 1. The van der Waals surface area contributed by atoms with Crippen molar-refractivity contribution in [3.8, 4) is 0 Å². The minimum absolute atomic E-state index is 0.0471. The molecule has 88 valence electrons. The van der Waals surface area contributed by atoms with Gasteiger partial charge >= 0.3 is 0 Å². The number of rotatable bonds is 2. The molecule has 1 N–H and O–H groups in total. The number of carbonyl (C=O) groups is 1. The fourth-order valence-electron chi connectivity index (χ4n) is 1.55. The second kappa shape index (κ2) is 5.02. The van der Waals surface area contributed by atoms with Crippen LogP contribution in [0.2, 0.25) is 0 Å². The molecule has 1 aromatic heterocycles. The van der Waals surface area contributed by atoms with Gasteiger partial charge in [0.15, 0.2) is 0 Å². The predicted molar refractivity (Wildman–Crippen MR) is 75.9 cm³/mol. The molecule has 2 nitrogen and oxygen atoms in total. The van der Waals surface area contributed by atoms with Crippen molar-refractivity contribution in [3.05, 3.63) is 50.1 Å². The highest BCUT2D eigenvalue weighted by molar-refractivity contribution is 9.10. The second-order valence-electron chi connectivity index (χ2n) is 3.88. The van der Waals surface area contributed by atoms with Gasteiger partial charge in [-0.15, -0.1) is 0 Å². The number of hydrogen-bond acceptors (Lipinski definition) is 2. The van der Waals surface area contributed by atoms with E-state index < -0.39 is 0 Å². The molecule has 0 atom stereocenters. The maximum atomic E-state index is 12.0. The fourth-order valence-corrected chi connectivity index (χ4v) is 2.85. The second-order valence-corrected chi connectivity index (χ2v) is 5.54. The Bertz CT molecular complexity index is 562. The Labute approximate surface area is 113 Å². The van der Waals surface area contributed by atoms with E-state index in [1.54, 1.807) is 11.3 Å². The van der Waals surface area contributed by atoms with E-state index in [1.165, 1.54) is 0 Å². The molecule has 2 aromatic rings. The average Bonchev–Trinajstić information content (AvgIpc) is 2.68. The highest BCUT2D eigenvalue weighted by Gasteiger charge is 2.10. The van der Waals surface area contributed by atoms with Crippen molar-refractivity contribution in [1.29, 1.82) is 0 Å². The minimum Gasteiger partial charge on any atom is -0.322 e. The Morgan fingerprint density at radius 3 is 2.59 bits per heavy atom. The molecule has 0 aliphatic heterocycles. The summed E-state index contributed by atoms with van der Waals surface area (Å²) in [5.74, 6) is -0.0471. The molecule has 4 heteroatoms. The normalized spacial score (nSPS) is 10.3. The van der Waals surface area contributed by atoms with E-state index in [0.29, 0.717) is 0 Å². The quantitative estimate of drug-likeness (QED) is 0.876. The van der Waals surface area contributed by atoms with E-state index in [-0.39, 0.29) is 5.91 Å². The number of amides is 1. The zero-order valence-electron chi connectivity index (χ0n) is 9.58. The highest BCUT2D eigenvalue weighted by Crippen LogP contribution is 2.22. The molecule has 0 bridgehead atoms. The molecule has 0 spiro atoms. The summed E-state index contributed by atoms with van der Waals surface area (Å²) in [7, 11) is 0. The van der Waals surface area contributed by atoms with Gasteiger partial charge in [-0.1, -0.05) is 15.9 Å². The number of anilines is 1. The predicted octanol–water partition coefficient (Wildman–Crippen LogP) is 4.38. The lowest BCUT2D eigenvalue weighted by Gasteiger charge is -2.08. The van der Waals surface area contributed by atoms with Crippen LogP contribution in [0.3, 0.4) is 0 Å². The van der Waals surface area contributed by atoms with E-state index in [4.69, 9.17) is 0 Å². The summed E-state index contributed by atoms with van der Waals surface area (Å²) in [5, 5.41) is 6.78. The Morgan fingerprint density at radius 2 is 2.00 bits per heavy atom. The number of halogens is 1. The molecule has 17 heavy (non-hydrogen) atoms. The smallest absolute Gasteiger partial charge is 0.256 e. The maximum Gasteiger partial charge on any atom is 0.256 e. The summed E-state index contributed by atoms with van der Waals surface area (Å²) in [6.45, 7) is 3.92. The van der Waals surface area contributed by atoms with Crippen molar-refractivity contribution in [2.75, 3.05) is 5.32 Å². The molecule has 0 radical (unpaired) electrons. The van der Waals surface area contributed by atoms with Crippen LogP contribution in [0.25, 0.3) is 0 Å². The lowest BCUT2D eigenvalue weighted by molar-refractivity contribution is 0.102. The van der Waals surface area contributed by atoms with Crippen molar-refractivity contribution >= 4 is 38.9 Å². The van der Waals surface area contributed by atoms with Crippen molar-refractivity contribution in [2.24, 2.45) is 0 Å². The van der Waals surface area contributed by atoms with Crippen LogP contribution in [0.5, 0.6) is 0 Å². The van der Waals surface area contributed by atoms with Crippen molar-refractivity contribution in [1.82, 2.24) is 0 Å². The molecule has 0 fully saturated rings. The van der Waals surface area contributed by atoms with Gasteiger partial charge in [0.25, 0.3) is 5.91 Å². The van der Waals surface area contributed by atoms with Gasteiger partial charge in [-0.05, 0) is 48.6 Å². The first-order valence-electron chi connectivity index (χ1n) is 5.18. The standard InChI is InChI=1S/C13H12BrNOS/c1-8-5-10(14)3-4-12(8)15-13(16)11-7-17-6-9(11)2/h3-7H,1-2H3,(H,15,16). The molecule has 0 saturated heterocycles. The Hall–Kier alpha value is -1.13. The first-order valence-corrected chi connectivity index (χ1v) is 6.92. The van der Waals surface area contributed by atoms with Gasteiger partial charge in [0.2, 0.25) is 0 Å². The third kappa shape index (κ3) is 2.76. The number of carbonyl (C=O) groups excluding carboxylic acids is 1. The van der Waals surface area contributed by atoms with Gasteiger partial charge in [-0.25, -0.2) is 0 Å². The zero-order valence-corrected chi connectivity index (χ0v) is 12.0. The van der Waals surface area contributed by atoms with Gasteiger partial charge in [0.1, 0.15) is 0 Å². The van der Waals surface area contributed by atoms with E-state index >= 15 is 0 Å². The summed E-state index contributed by atoms with van der Waals surface area (Å²) in [6, 6.07) is 5.80. The molecule has 2 rings (SSSR count). The topological polar surface area (TPSA) is 29.1 Å². The summed E-state index contributed by atoms with van der Waals surface area (Å²) in [5.41, 5.74) is 3.66. The number of thiophene rings is 1. The fraction of sp³-hybridized carbons (Fsp3) is 0.154. The SMILES string of the molecule is Cc1cc(Br)ccc1NC(=O)c1cscc1C. The molecule has 0 aliphatic rings. The molecule has 0 unspecified atom stereocenters. The van der Waals surface area contributed by atoms with E-state index in [2.05, 4.69) is 21.2 Å². The maximum absolute atomic E-state index is 12.0. The lowest BCUT2D eigenvalue weighted by atomic mass is 10.1. The summed E-state index contributed by atoms with van der Waals surface area (Å²) >= 11 is 4.95. The van der Waals surface area contributed by atoms with Crippen LogP contribution in [0, 0.1) is 13.8 Å². The van der Waals surface area contributed by atoms with Crippen LogP contribution >= 0.6 is 27.3 Å².